The van der Waals surface area contributed by atoms with Crippen LogP contribution in [0.15, 0.2) is 122 Å². The van der Waals surface area contributed by atoms with E-state index in [2.05, 4.69) is 62.5 Å². The van der Waals surface area contributed by atoms with Gasteiger partial charge in [-0.25, -0.2) is 4.57 Å². The van der Waals surface area contributed by atoms with E-state index in [1.54, 1.807) is 24.3 Å². The van der Waals surface area contributed by atoms with Crippen molar-refractivity contribution in [1.29, 1.82) is 0 Å². The van der Waals surface area contributed by atoms with E-state index in [0.717, 1.165) is 57.8 Å². The molecule has 10 atom stereocenters. The van der Waals surface area contributed by atoms with E-state index in [4.69, 9.17) is 18.5 Å². The van der Waals surface area contributed by atoms with E-state index < -0.39 is 87.9 Å². The molecule has 16 heteroatoms. The van der Waals surface area contributed by atoms with Crippen LogP contribution < -0.4 is 0 Å². The molecule has 0 radical (unpaired) electrons. The van der Waals surface area contributed by atoms with Crippen molar-refractivity contribution < 1.29 is 73.3 Å². The first-order chi connectivity index (χ1) is 32.2. The number of esters is 2. The Morgan fingerprint density at radius 3 is 1.52 bits per heavy atom. The molecule has 3 unspecified atom stereocenters. The van der Waals surface area contributed by atoms with Gasteiger partial charge in [0.1, 0.15) is 43.2 Å². The van der Waals surface area contributed by atoms with E-state index in [-0.39, 0.29) is 25.7 Å². The Bertz CT molecular complexity index is 1660. The molecule has 15 nitrogen and oxygen atoms in total. The van der Waals surface area contributed by atoms with Crippen LogP contribution in [0.1, 0.15) is 117 Å². The Hall–Kier alpha value is -3.83. The van der Waals surface area contributed by atoms with Crippen LogP contribution in [0.4, 0.5) is 0 Å². The minimum Gasteiger partial charge on any atom is -0.462 e. The molecule has 1 aliphatic carbocycles. The molecule has 1 saturated carbocycles. The van der Waals surface area contributed by atoms with Crippen molar-refractivity contribution in [3.8, 4) is 0 Å². The number of carbonyl (C=O) groups excluding carboxylic acids is 2. The Morgan fingerprint density at radius 1 is 0.552 bits per heavy atom. The summed E-state index contributed by atoms with van der Waals surface area (Å²) < 4.78 is 33.3. The average molecular weight is 963 g/mol. The summed E-state index contributed by atoms with van der Waals surface area (Å²) >= 11 is 0. The summed E-state index contributed by atoms with van der Waals surface area (Å²) in [6, 6.07) is 0. The second-order valence-electron chi connectivity index (χ2n) is 15.9. The second kappa shape index (κ2) is 39.1. The molecule has 1 aliphatic rings. The van der Waals surface area contributed by atoms with Gasteiger partial charge in [-0.1, -0.05) is 155 Å². The zero-order chi connectivity index (χ0) is 49.5. The number of ether oxygens (including phenoxy) is 2. The Balaban J connectivity index is 2.63. The number of allylic oxidation sites excluding steroid dienone is 18. The highest BCUT2D eigenvalue weighted by Crippen LogP contribution is 2.47. The Morgan fingerprint density at radius 2 is 1.01 bits per heavy atom. The van der Waals surface area contributed by atoms with Crippen molar-refractivity contribution >= 4 is 19.8 Å². The number of phosphoric ester groups is 1. The van der Waals surface area contributed by atoms with Crippen molar-refractivity contribution in [2.24, 2.45) is 0 Å². The molecule has 8 N–H and O–H groups in total. The highest BCUT2D eigenvalue weighted by atomic mass is 31.2. The SMILES string of the molecule is CC/C=C\C/C=C\C/C=C\C/C=C\C/C=C\C/C=C\CCC(=O)OC[C@H](COP(=O)(O)OC1[C@H](O)[C@H](O)C(O)[C@H](O)[C@H]1O)OC(=O)CCC[C@H](O)/C=C/C=C\C/C=C\C=C\[C@H](O)CCCCC. The summed E-state index contributed by atoms with van der Waals surface area (Å²) in [7, 11) is -5.21. The highest BCUT2D eigenvalue weighted by Gasteiger charge is 2.51. The molecule has 1 rings (SSSR count). The van der Waals surface area contributed by atoms with Crippen LogP contribution in [-0.4, -0.2) is 121 Å². The first-order valence-electron chi connectivity index (χ1n) is 23.6. The molecular formula is C51H79O15P. The summed E-state index contributed by atoms with van der Waals surface area (Å²) in [4.78, 5) is 35.7. The van der Waals surface area contributed by atoms with Crippen LogP contribution >= 0.6 is 7.82 Å². The number of hydrogen-bond acceptors (Lipinski definition) is 14. The summed E-state index contributed by atoms with van der Waals surface area (Å²) in [6.45, 7) is 2.81. The van der Waals surface area contributed by atoms with Gasteiger partial charge >= 0.3 is 19.8 Å². The van der Waals surface area contributed by atoms with Crippen molar-refractivity contribution in [1.82, 2.24) is 0 Å². The van der Waals surface area contributed by atoms with Gasteiger partial charge in [-0.15, -0.1) is 0 Å². The van der Waals surface area contributed by atoms with Crippen LogP contribution in [0.3, 0.4) is 0 Å². The predicted octanol–water partition coefficient (Wildman–Crippen LogP) is 7.33. The molecule has 0 heterocycles. The number of hydrogen-bond donors (Lipinski definition) is 8. The molecule has 378 valence electrons. The van der Waals surface area contributed by atoms with Gasteiger partial charge in [0.05, 0.1) is 18.8 Å². The fraction of sp³-hybridized carbons (Fsp3) is 0.569. The maximum absolute atomic E-state index is 12.8. The average Bonchev–Trinajstić information content (AvgIpc) is 3.30. The summed E-state index contributed by atoms with van der Waals surface area (Å²) in [5.41, 5.74) is 0. The van der Waals surface area contributed by atoms with Gasteiger partial charge in [0, 0.05) is 12.8 Å². The van der Waals surface area contributed by atoms with Gasteiger partial charge in [0.25, 0.3) is 0 Å². The van der Waals surface area contributed by atoms with E-state index >= 15 is 0 Å². The van der Waals surface area contributed by atoms with E-state index in [9.17, 15) is 54.8 Å². The molecular weight excluding hydrogens is 884 g/mol. The van der Waals surface area contributed by atoms with Gasteiger partial charge in [-0.3, -0.25) is 18.6 Å². The predicted molar refractivity (Wildman–Crippen MR) is 260 cm³/mol. The summed E-state index contributed by atoms with van der Waals surface area (Å²) in [5.74, 6) is -1.44. The van der Waals surface area contributed by atoms with Crippen molar-refractivity contribution in [2.45, 2.75) is 172 Å². The molecule has 0 aromatic rings. The highest BCUT2D eigenvalue weighted by molar-refractivity contribution is 7.47. The minimum absolute atomic E-state index is 0.0157. The molecule has 0 saturated heterocycles. The fourth-order valence-electron chi connectivity index (χ4n) is 6.17. The summed E-state index contributed by atoms with van der Waals surface area (Å²) in [6.07, 6.45) is 34.6. The number of aliphatic hydroxyl groups is 7. The molecule has 0 aromatic carbocycles. The first-order valence-corrected chi connectivity index (χ1v) is 25.1. The van der Waals surface area contributed by atoms with Crippen LogP contribution in [0.5, 0.6) is 0 Å². The second-order valence-corrected chi connectivity index (χ2v) is 17.3. The lowest BCUT2D eigenvalue weighted by Crippen LogP contribution is -2.64. The van der Waals surface area contributed by atoms with E-state index in [1.165, 1.54) is 0 Å². The number of rotatable bonds is 36. The maximum atomic E-state index is 12.8. The third-order valence-corrected chi connectivity index (χ3v) is 11.0. The quantitative estimate of drug-likeness (QED) is 0.0101. The van der Waals surface area contributed by atoms with Gasteiger partial charge in [0.2, 0.25) is 0 Å². The Labute approximate surface area is 398 Å². The van der Waals surface area contributed by atoms with Crippen LogP contribution in [0.2, 0.25) is 0 Å². The molecule has 1 fully saturated rings. The first kappa shape index (κ1) is 61.2. The van der Waals surface area contributed by atoms with Crippen molar-refractivity contribution in [3.05, 3.63) is 122 Å². The van der Waals surface area contributed by atoms with E-state index in [0.29, 0.717) is 19.3 Å². The standard InChI is InChI=1S/C51H79O15P/c1-3-5-7-8-9-10-11-12-13-14-15-16-17-18-19-20-24-27-31-37-44(54)63-39-43(40-64-67(61,62)66-51-49(59)47(57)46(56)48(58)50(51)60)65-45(55)38-32-36-42(53)35-30-26-23-21-22-25-29-34-41(52)33-28-6-4-2/h5,7,9-10,12-13,15-16,18-19,22-27,29-30,34-35,41-43,46-53,56-60H,3-4,6,8,11,14,17,20-21,28,31-33,36-40H2,1-2H3,(H,61,62)/b7-5-,10-9-,13-12-,16-15-,19-18-,25-22-,26-23-,27-24-,34-29+,35-30+/t41-,42-,43-,46?,47-,48+,49-,50-,51?/m1/s1. The lowest BCUT2D eigenvalue weighted by atomic mass is 9.85. The van der Waals surface area contributed by atoms with E-state index in [1.807, 2.05) is 48.6 Å². The van der Waals surface area contributed by atoms with Crippen LogP contribution in [0.25, 0.3) is 0 Å². The van der Waals surface area contributed by atoms with Gasteiger partial charge in [0.15, 0.2) is 6.10 Å². The summed E-state index contributed by atoms with van der Waals surface area (Å²) in [5, 5.41) is 70.4. The minimum atomic E-state index is -5.21. The smallest absolute Gasteiger partial charge is 0.462 e. The fourth-order valence-corrected chi connectivity index (χ4v) is 7.14. The number of unbranched alkanes of at least 4 members (excludes halogenated alkanes) is 2. The molecule has 0 aromatic heterocycles. The molecule has 0 spiro atoms. The lowest BCUT2D eigenvalue weighted by Gasteiger charge is -2.41. The lowest BCUT2D eigenvalue weighted by molar-refractivity contribution is -0.220. The molecule has 0 aliphatic heterocycles. The maximum Gasteiger partial charge on any atom is 0.472 e. The van der Waals surface area contributed by atoms with Gasteiger partial charge < -0.3 is 50.1 Å². The topological polar surface area (TPSA) is 250 Å². The number of aliphatic hydroxyl groups excluding tert-OH is 7. The molecule has 67 heavy (non-hydrogen) atoms. The normalized spacial score (nSPS) is 23.2. The number of carbonyl (C=O) groups is 2. The van der Waals surface area contributed by atoms with Gasteiger partial charge in [-0.2, -0.15) is 0 Å². The largest absolute Gasteiger partial charge is 0.472 e. The van der Waals surface area contributed by atoms with Crippen molar-refractivity contribution in [3.63, 3.8) is 0 Å². The molecule has 0 bridgehead atoms. The molecule has 0 amide bonds. The van der Waals surface area contributed by atoms with Crippen LogP contribution in [-0.2, 0) is 32.7 Å². The zero-order valence-electron chi connectivity index (χ0n) is 39.4. The zero-order valence-corrected chi connectivity index (χ0v) is 40.2. The van der Waals surface area contributed by atoms with Gasteiger partial charge in [-0.05, 0) is 70.6 Å². The van der Waals surface area contributed by atoms with Crippen molar-refractivity contribution in [2.75, 3.05) is 13.2 Å². The Kier molecular flexibility index (Phi) is 35.7. The monoisotopic (exact) mass is 963 g/mol. The number of phosphoric acid groups is 1. The third-order valence-electron chi connectivity index (χ3n) is 10.0. The van der Waals surface area contributed by atoms with Crippen LogP contribution in [0, 0.1) is 0 Å². The third kappa shape index (κ3) is 31.8.